The molecule has 1 aliphatic carbocycles. The fraction of sp³-hybridized carbons (Fsp3) is 0.290. The van der Waals surface area contributed by atoms with E-state index in [0.29, 0.717) is 18.7 Å². The van der Waals surface area contributed by atoms with Crippen LogP contribution in [0, 0.1) is 5.92 Å². The molecule has 190 valence electrons. The predicted octanol–water partition coefficient (Wildman–Crippen LogP) is 5.31. The summed E-state index contributed by atoms with van der Waals surface area (Å²) in [5, 5.41) is 11.1. The first kappa shape index (κ1) is 25.2. The van der Waals surface area contributed by atoms with Crippen LogP contribution in [-0.4, -0.2) is 41.9 Å². The molecule has 0 radical (unpaired) electrons. The van der Waals surface area contributed by atoms with E-state index < -0.39 is 0 Å². The number of fused-ring (bicyclic) bond motifs is 2. The van der Waals surface area contributed by atoms with Crippen molar-refractivity contribution in [2.24, 2.45) is 5.92 Å². The number of nitrogens with zero attached hydrogens (tertiary/aromatic N) is 1. The predicted molar refractivity (Wildman–Crippen MR) is 151 cm³/mol. The second kappa shape index (κ2) is 10.9. The summed E-state index contributed by atoms with van der Waals surface area (Å²) in [6, 6.07) is 28.6. The fourth-order valence-corrected chi connectivity index (χ4v) is 5.47. The number of benzene rings is 4. The lowest BCUT2D eigenvalue weighted by molar-refractivity contribution is -0.138. The maximum Gasteiger partial charge on any atom is 0.251 e. The van der Waals surface area contributed by atoms with Crippen LogP contribution in [0.15, 0.2) is 84.9 Å². The van der Waals surface area contributed by atoms with Gasteiger partial charge < -0.3 is 15.5 Å². The van der Waals surface area contributed by atoms with E-state index in [1.807, 2.05) is 48.5 Å². The van der Waals surface area contributed by atoms with Crippen LogP contribution in [-0.2, 0) is 11.3 Å². The van der Waals surface area contributed by atoms with E-state index in [1.54, 1.807) is 0 Å². The van der Waals surface area contributed by atoms with E-state index in [9.17, 15) is 9.59 Å². The van der Waals surface area contributed by atoms with Gasteiger partial charge in [0.15, 0.2) is 0 Å². The molecule has 37 heavy (non-hydrogen) atoms. The van der Waals surface area contributed by atoms with Crippen molar-refractivity contribution >= 4 is 45.8 Å². The maximum absolute atomic E-state index is 14.0. The maximum atomic E-state index is 14.0. The van der Waals surface area contributed by atoms with Crippen molar-refractivity contribution in [2.75, 3.05) is 13.1 Å². The highest BCUT2D eigenvalue weighted by Gasteiger charge is 2.40. The average Bonchev–Trinajstić information content (AvgIpc) is 3.77. The number of carbonyl (C=O) groups excluding carboxylic acids is 2. The molecule has 1 saturated heterocycles. The molecule has 0 spiro atoms. The third kappa shape index (κ3) is 5.34. The van der Waals surface area contributed by atoms with Crippen LogP contribution in [0.1, 0.15) is 35.2 Å². The molecule has 6 heteroatoms. The van der Waals surface area contributed by atoms with Crippen LogP contribution in [0.4, 0.5) is 0 Å². The number of piperidine rings is 1. The summed E-state index contributed by atoms with van der Waals surface area (Å²) >= 11 is 0. The first-order valence-corrected chi connectivity index (χ1v) is 12.9. The van der Waals surface area contributed by atoms with Gasteiger partial charge in [-0.2, -0.15) is 0 Å². The third-order valence-corrected chi connectivity index (χ3v) is 7.62. The molecular weight excluding hydrogens is 482 g/mol. The molecule has 2 unspecified atom stereocenters. The normalized spacial score (nSPS) is 19.2. The number of carbonyl (C=O) groups is 2. The summed E-state index contributed by atoms with van der Waals surface area (Å²) in [4.78, 5) is 29.2. The monoisotopic (exact) mass is 513 g/mol. The molecule has 2 atom stereocenters. The van der Waals surface area contributed by atoms with Crippen LogP contribution in [0.5, 0.6) is 0 Å². The highest BCUT2D eigenvalue weighted by Crippen LogP contribution is 2.32. The molecule has 0 aromatic heterocycles. The van der Waals surface area contributed by atoms with Crippen molar-refractivity contribution in [1.29, 1.82) is 0 Å². The van der Waals surface area contributed by atoms with Gasteiger partial charge in [-0.25, -0.2) is 0 Å². The zero-order valence-electron chi connectivity index (χ0n) is 20.7. The van der Waals surface area contributed by atoms with Crippen molar-refractivity contribution in [3.8, 4) is 0 Å². The lowest BCUT2D eigenvalue weighted by atomic mass is 9.91. The zero-order valence-corrected chi connectivity index (χ0v) is 21.5. The van der Waals surface area contributed by atoms with Crippen molar-refractivity contribution in [3.63, 3.8) is 0 Å². The first-order valence-electron chi connectivity index (χ1n) is 12.9. The van der Waals surface area contributed by atoms with E-state index in [-0.39, 0.29) is 42.2 Å². The summed E-state index contributed by atoms with van der Waals surface area (Å²) in [6.45, 7) is 1.98. The van der Waals surface area contributed by atoms with Crippen LogP contribution in [0.25, 0.3) is 21.5 Å². The summed E-state index contributed by atoms with van der Waals surface area (Å²) in [7, 11) is 0. The minimum absolute atomic E-state index is 0. The minimum Gasteiger partial charge on any atom is -0.348 e. The van der Waals surface area contributed by atoms with Gasteiger partial charge in [0.05, 0.1) is 5.92 Å². The number of halogens is 1. The fourth-order valence-electron chi connectivity index (χ4n) is 5.47. The largest absolute Gasteiger partial charge is 0.348 e. The van der Waals surface area contributed by atoms with E-state index in [2.05, 4.69) is 51.9 Å². The summed E-state index contributed by atoms with van der Waals surface area (Å²) in [5.74, 6) is -0.252. The van der Waals surface area contributed by atoms with Gasteiger partial charge in [-0.05, 0) is 65.0 Å². The molecule has 0 bridgehead atoms. The Morgan fingerprint density at radius 2 is 1.57 bits per heavy atom. The molecule has 2 amide bonds. The smallest absolute Gasteiger partial charge is 0.251 e. The Hall–Kier alpha value is -3.41. The lowest BCUT2D eigenvalue weighted by Crippen LogP contribution is -2.55. The van der Waals surface area contributed by atoms with Gasteiger partial charge in [-0.3, -0.25) is 9.59 Å². The molecular formula is C31H32ClN3O2. The van der Waals surface area contributed by atoms with Crippen molar-refractivity contribution < 1.29 is 9.59 Å². The third-order valence-electron chi connectivity index (χ3n) is 7.62. The highest BCUT2D eigenvalue weighted by atomic mass is 35.5. The van der Waals surface area contributed by atoms with Gasteiger partial charge in [0.2, 0.25) is 5.91 Å². The van der Waals surface area contributed by atoms with E-state index in [4.69, 9.17) is 0 Å². The van der Waals surface area contributed by atoms with Crippen LogP contribution in [0.2, 0.25) is 0 Å². The highest BCUT2D eigenvalue weighted by molar-refractivity contribution is 5.99. The topological polar surface area (TPSA) is 61.4 Å². The Labute approximate surface area is 223 Å². The Morgan fingerprint density at radius 3 is 2.38 bits per heavy atom. The first-order chi connectivity index (χ1) is 17.7. The van der Waals surface area contributed by atoms with E-state index in [0.717, 1.165) is 36.6 Å². The molecule has 1 saturated carbocycles. The molecule has 4 aromatic carbocycles. The summed E-state index contributed by atoms with van der Waals surface area (Å²) in [6.07, 6.45) is 2.83. The Bertz CT molecular complexity index is 1430. The molecule has 4 aromatic rings. The van der Waals surface area contributed by atoms with Crippen LogP contribution < -0.4 is 10.6 Å². The number of rotatable bonds is 6. The quantitative estimate of drug-likeness (QED) is 0.367. The molecule has 2 fully saturated rings. The minimum atomic E-state index is -0.279. The Kier molecular flexibility index (Phi) is 7.45. The standard InChI is InChI=1S/C31H31N3O2.ClH/c35-30(24-13-12-21-6-1-2-8-23(21)18-24)33-29-16-17-32-19-28(29)31(36)34(26-14-15-26)20-25-10-5-9-22-7-3-4-11-27(22)25;/h1-13,18,26,28-29,32H,14-17,19-20H2,(H,33,35);1H. The Morgan fingerprint density at radius 1 is 0.838 bits per heavy atom. The van der Waals surface area contributed by atoms with Gasteiger partial charge in [-0.15, -0.1) is 12.4 Å². The van der Waals surface area contributed by atoms with Crippen LogP contribution in [0.3, 0.4) is 0 Å². The van der Waals surface area contributed by atoms with E-state index >= 15 is 0 Å². The lowest BCUT2D eigenvalue weighted by Gasteiger charge is -2.36. The van der Waals surface area contributed by atoms with Gasteiger partial charge in [0, 0.05) is 30.7 Å². The molecule has 5 nitrogen and oxygen atoms in total. The van der Waals surface area contributed by atoms with Crippen LogP contribution >= 0.6 is 12.4 Å². The Balaban J connectivity index is 0.00000280. The van der Waals surface area contributed by atoms with Gasteiger partial charge >= 0.3 is 0 Å². The van der Waals surface area contributed by atoms with Crippen molar-refractivity contribution in [3.05, 3.63) is 96.1 Å². The van der Waals surface area contributed by atoms with Gasteiger partial charge in [0.25, 0.3) is 5.91 Å². The van der Waals surface area contributed by atoms with Gasteiger partial charge in [0.1, 0.15) is 0 Å². The van der Waals surface area contributed by atoms with E-state index in [1.165, 1.54) is 16.3 Å². The second-order valence-corrected chi connectivity index (χ2v) is 10.1. The SMILES string of the molecule is Cl.O=C(NC1CCNCC1C(=O)N(Cc1cccc2ccccc12)C1CC1)c1ccc2ccccc2c1. The summed E-state index contributed by atoms with van der Waals surface area (Å²) < 4.78 is 0. The molecule has 1 aliphatic heterocycles. The molecule has 6 rings (SSSR count). The average molecular weight is 514 g/mol. The molecule has 2 aliphatic rings. The van der Waals surface area contributed by atoms with Gasteiger partial charge in [-0.1, -0.05) is 72.8 Å². The molecule has 1 heterocycles. The number of hydrogen-bond donors (Lipinski definition) is 2. The molecule has 2 N–H and O–H groups in total. The number of nitrogens with one attached hydrogen (secondary N) is 2. The van der Waals surface area contributed by atoms with Crippen molar-refractivity contribution in [1.82, 2.24) is 15.5 Å². The second-order valence-electron chi connectivity index (χ2n) is 10.1. The summed E-state index contributed by atoms with van der Waals surface area (Å²) in [5.41, 5.74) is 1.81. The van der Waals surface area contributed by atoms with Crippen molar-refractivity contribution in [2.45, 2.75) is 37.9 Å². The zero-order chi connectivity index (χ0) is 24.5. The number of amides is 2. The number of hydrogen-bond acceptors (Lipinski definition) is 3.